The van der Waals surface area contributed by atoms with E-state index in [1.807, 2.05) is 7.05 Å². The highest BCUT2D eigenvalue weighted by Crippen LogP contribution is 2.21. The number of nitrogens with zero attached hydrogens (tertiary/aromatic N) is 2. The molecule has 1 fully saturated rings. The monoisotopic (exact) mass is 326 g/mol. The van der Waals surface area contributed by atoms with Crippen molar-refractivity contribution >= 4 is 5.96 Å². The lowest BCUT2D eigenvalue weighted by Gasteiger charge is -2.29. The maximum absolute atomic E-state index is 5.40. The van der Waals surface area contributed by atoms with Gasteiger partial charge in [-0.2, -0.15) is 0 Å². The van der Waals surface area contributed by atoms with Crippen molar-refractivity contribution in [1.82, 2.24) is 15.5 Å². The van der Waals surface area contributed by atoms with Crippen molar-refractivity contribution in [1.29, 1.82) is 0 Å². The summed E-state index contributed by atoms with van der Waals surface area (Å²) in [6.45, 7) is 17.3. The fourth-order valence-corrected chi connectivity index (χ4v) is 2.71. The SMILES string of the molecule is CN=C(NCC(C)CN1CCOCC1)NC(C)CCC(C)(C)C. The zero-order chi connectivity index (χ0) is 17.3. The molecule has 0 radical (unpaired) electrons. The van der Waals surface area contributed by atoms with Crippen LogP contribution in [0.2, 0.25) is 0 Å². The average molecular weight is 327 g/mol. The third-order valence-corrected chi connectivity index (χ3v) is 4.23. The molecule has 1 heterocycles. The average Bonchev–Trinajstić information content (AvgIpc) is 2.49. The van der Waals surface area contributed by atoms with Gasteiger partial charge < -0.3 is 15.4 Å². The summed E-state index contributed by atoms with van der Waals surface area (Å²) in [6, 6.07) is 0.440. The number of aliphatic imine (C=N–C) groups is 1. The van der Waals surface area contributed by atoms with Crippen LogP contribution in [0.1, 0.15) is 47.5 Å². The Balaban J connectivity index is 2.24. The molecular formula is C18H38N4O. The van der Waals surface area contributed by atoms with Crippen LogP contribution in [-0.4, -0.2) is 63.3 Å². The quantitative estimate of drug-likeness (QED) is 0.557. The van der Waals surface area contributed by atoms with Crippen molar-refractivity contribution in [2.45, 2.75) is 53.5 Å². The van der Waals surface area contributed by atoms with Gasteiger partial charge in [0.2, 0.25) is 0 Å². The summed E-state index contributed by atoms with van der Waals surface area (Å²) in [5.41, 5.74) is 0.388. The lowest BCUT2D eigenvalue weighted by Crippen LogP contribution is -2.46. The Kier molecular flexibility index (Phi) is 8.92. The molecule has 2 atom stereocenters. The number of nitrogens with one attached hydrogen (secondary N) is 2. The number of guanidine groups is 1. The van der Waals surface area contributed by atoms with Crippen LogP contribution in [0.25, 0.3) is 0 Å². The highest BCUT2D eigenvalue weighted by atomic mass is 16.5. The summed E-state index contributed by atoms with van der Waals surface area (Å²) in [5.74, 6) is 1.51. The van der Waals surface area contributed by atoms with Crippen molar-refractivity contribution in [3.63, 3.8) is 0 Å². The highest BCUT2D eigenvalue weighted by Gasteiger charge is 2.15. The van der Waals surface area contributed by atoms with Crippen molar-refractivity contribution in [2.24, 2.45) is 16.3 Å². The predicted molar refractivity (Wildman–Crippen MR) is 99.1 cm³/mol. The first kappa shape index (κ1) is 20.2. The highest BCUT2D eigenvalue weighted by molar-refractivity contribution is 5.79. The van der Waals surface area contributed by atoms with Crippen LogP contribution in [0.15, 0.2) is 4.99 Å². The van der Waals surface area contributed by atoms with E-state index in [9.17, 15) is 0 Å². The Labute approximate surface area is 143 Å². The third-order valence-electron chi connectivity index (χ3n) is 4.23. The van der Waals surface area contributed by atoms with Crippen LogP contribution in [0, 0.1) is 11.3 Å². The molecule has 0 aliphatic carbocycles. The maximum Gasteiger partial charge on any atom is 0.191 e. The first-order valence-electron chi connectivity index (χ1n) is 9.07. The minimum absolute atomic E-state index is 0.388. The molecule has 0 aromatic rings. The summed E-state index contributed by atoms with van der Waals surface area (Å²) in [7, 11) is 1.85. The Morgan fingerprint density at radius 1 is 1.22 bits per heavy atom. The fourth-order valence-electron chi connectivity index (χ4n) is 2.71. The third kappa shape index (κ3) is 9.82. The second-order valence-corrected chi connectivity index (χ2v) is 8.12. The van der Waals surface area contributed by atoms with Gasteiger partial charge >= 0.3 is 0 Å². The molecule has 0 bridgehead atoms. The van der Waals surface area contributed by atoms with Crippen LogP contribution in [0.3, 0.4) is 0 Å². The molecule has 1 saturated heterocycles. The molecule has 23 heavy (non-hydrogen) atoms. The Bertz CT molecular complexity index is 345. The van der Waals surface area contributed by atoms with Gasteiger partial charge in [-0.3, -0.25) is 9.89 Å². The second kappa shape index (κ2) is 10.1. The maximum atomic E-state index is 5.40. The van der Waals surface area contributed by atoms with E-state index < -0.39 is 0 Å². The summed E-state index contributed by atoms with van der Waals surface area (Å²) in [5, 5.41) is 6.97. The topological polar surface area (TPSA) is 48.9 Å². The standard InChI is InChI=1S/C18H38N4O/c1-15(14-22-9-11-23-12-10-22)13-20-17(19-6)21-16(2)7-8-18(3,4)5/h15-16H,7-14H2,1-6H3,(H2,19,20,21). The van der Waals surface area contributed by atoms with Gasteiger partial charge in [0, 0.05) is 39.3 Å². The predicted octanol–water partition coefficient (Wildman–Crippen LogP) is 2.33. The molecule has 2 N–H and O–H groups in total. The van der Waals surface area contributed by atoms with Gasteiger partial charge in [-0.25, -0.2) is 0 Å². The van der Waals surface area contributed by atoms with Gasteiger partial charge in [-0.05, 0) is 31.1 Å². The number of ether oxygens (including phenoxy) is 1. The molecule has 5 nitrogen and oxygen atoms in total. The van der Waals surface area contributed by atoms with Crippen LogP contribution >= 0.6 is 0 Å². The molecule has 1 rings (SSSR count). The van der Waals surface area contributed by atoms with Crippen molar-refractivity contribution in [3.8, 4) is 0 Å². The Hall–Kier alpha value is -0.810. The molecule has 0 aromatic carbocycles. The molecular weight excluding hydrogens is 288 g/mol. The van der Waals surface area contributed by atoms with Crippen molar-refractivity contribution < 1.29 is 4.74 Å². The Morgan fingerprint density at radius 3 is 2.43 bits per heavy atom. The van der Waals surface area contributed by atoms with Crippen LogP contribution in [-0.2, 0) is 4.74 Å². The van der Waals surface area contributed by atoms with Crippen LogP contribution in [0.4, 0.5) is 0 Å². The van der Waals surface area contributed by atoms with E-state index in [0.29, 0.717) is 17.4 Å². The van der Waals surface area contributed by atoms with E-state index in [4.69, 9.17) is 4.74 Å². The lowest BCUT2D eigenvalue weighted by molar-refractivity contribution is 0.0320. The number of rotatable bonds is 7. The molecule has 1 aliphatic heterocycles. The van der Waals surface area contributed by atoms with E-state index in [-0.39, 0.29) is 0 Å². The lowest BCUT2D eigenvalue weighted by atomic mass is 9.89. The summed E-state index contributed by atoms with van der Waals surface area (Å²) >= 11 is 0. The van der Waals surface area contributed by atoms with Gasteiger partial charge in [-0.1, -0.05) is 27.7 Å². The van der Waals surface area contributed by atoms with Gasteiger partial charge in [-0.15, -0.1) is 0 Å². The van der Waals surface area contributed by atoms with Crippen molar-refractivity contribution in [2.75, 3.05) is 46.4 Å². The number of hydrogen-bond acceptors (Lipinski definition) is 3. The second-order valence-electron chi connectivity index (χ2n) is 8.12. The summed E-state index contributed by atoms with van der Waals surface area (Å²) in [4.78, 5) is 6.84. The fraction of sp³-hybridized carbons (Fsp3) is 0.944. The molecule has 0 amide bonds. The van der Waals surface area contributed by atoms with E-state index in [1.54, 1.807) is 0 Å². The minimum Gasteiger partial charge on any atom is -0.379 e. The zero-order valence-corrected chi connectivity index (χ0v) is 16.1. The van der Waals surface area contributed by atoms with Gasteiger partial charge in [0.15, 0.2) is 5.96 Å². The smallest absolute Gasteiger partial charge is 0.191 e. The van der Waals surface area contributed by atoms with Crippen LogP contribution < -0.4 is 10.6 Å². The van der Waals surface area contributed by atoms with E-state index in [0.717, 1.165) is 51.8 Å². The van der Waals surface area contributed by atoms with E-state index in [1.165, 1.54) is 6.42 Å². The summed E-state index contributed by atoms with van der Waals surface area (Å²) < 4.78 is 5.40. The zero-order valence-electron chi connectivity index (χ0n) is 16.1. The number of hydrogen-bond donors (Lipinski definition) is 2. The molecule has 0 spiro atoms. The molecule has 136 valence electrons. The van der Waals surface area contributed by atoms with E-state index >= 15 is 0 Å². The van der Waals surface area contributed by atoms with E-state index in [2.05, 4.69) is 55.1 Å². The van der Waals surface area contributed by atoms with Gasteiger partial charge in [0.25, 0.3) is 0 Å². The largest absolute Gasteiger partial charge is 0.379 e. The molecule has 1 aliphatic rings. The minimum atomic E-state index is 0.388. The molecule has 0 aromatic heterocycles. The van der Waals surface area contributed by atoms with Crippen molar-refractivity contribution in [3.05, 3.63) is 0 Å². The van der Waals surface area contributed by atoms with Gasteiger partial charge in [0.05, 0.1) is 13.2 Å². The summed E-state index contributed by atoms with van der Waals surface area (Å²) in [6.07, 6.45) is 2.37. The molecule has 0 saturated carbocycles. The number of morpholine rings is 1. The van der Waals surface area contributed by atoms with Gasteiger partial charge in [0.1, 0.15) is 0 Å². The van der Waals surface area contributed by atoms with Crippen LogP contribution in [0.5, 0.6) is 0 Å². The molecule has 2 unspecified atom stereocenters. The molecule has 5 heteroatoms. The Morgan fingerprint density at radius 2 is 1.87 bits per heavy atom. The normalized spacial score (nSPS) is 20.2. The first-order chi connectivity index (χ1) is 10.8. The first-order valence-corrected chi connectivity index (χ1v) is 9.07.